The Morgan fingerprint density at radius 3 is 2.89 bits per heavy atom. The van der Waals surface area contributed by atoms with Crippen molar-refractivity contribution >= 4 is 13.7 Å². The van der Waals surface area contributed by atoms with Gasteiger partial charge in [-0.25, -0.2) is 14.4 Å². The number of esters is 1. The SMILES string of the molecule is CCOC(=O)[C@H](C)NP(=O)(O)OCC1OC(n2cc(F)c(=O)[nH]c2=O)CC1O. The maximum absolute atomic E-state index is 13.4. The molecule has 2 heterocycles. The first-order valence-electron chi connectivity index (χ1n) is 8.30. The Labute approximate surface area is 157 Å². The monoisotopic (exact) mass is 425 g/mol. The first kappa shape index (κ1) is 22.4. The van der Waals surface area contributed by atoms with Crippen molar-refractivity contribution in [3.63, 3.8) is 0 Å². The third-order valence-electron chi connectivity index (χ3n) is 3.85. The second-order valence-electron chi connectivity index (χ2n) is 5.99. The van der Waals surface area contributed by atoms with Crippen molar-refractivity contribution < 1.29 is 37.7 Å². The van der Waals surface area contributed by atoms with Crippen molar-refractivity contribution in [2.75, 3.05) is 13.2 Å². The summed E-state index contributed by atoms with van der Waals surface area (Å²) in [5, 5.41) is 12.1. The smallest absolute Gasteiger partial charge is 0.403 e. The number of halogens is 1. The van der Waals surface area contributed by atoms with Crippen LogP contribution in [0.25, 0.3) is 0 Å². The first-order chi connectivity index (χ1) is 13.0. The van der Waals surface area contributed by atoms with Gasteiger partial charge in [-0.05, 0) is 13.8 Å². The Bertz CT molecular complexity index is 872. The van der Waals surface area contributed by atoms with Crippen molar-refractivity contribution in [1.82, 2.24) is 14.6 Å². The number of hydrogen-bond donors (Lipinski definition) is 4. The second kappa shape index (κ2) is 9.07. The Morgan fingerprint density at radius 1 is 1.57 bits per heavy atom. The van der Waals surface area contributed by atoms with Crippen LogP contribution in [-0.2, 0) is 23.4 Å². The zero-order valence-corrected chi connectivity index (χ0v) is 15.9. The zero-order valence-electron chi connectivity index (χ0n) is 15.0. The molecule has 14 heteroatoms. The molecule has 1 aliphatic rings. The Kier molecular flexibility index (Phi) is 7.26. The third-order valence-corrected chi connectivity index (χ3v) is 5.06. The molecule has 158 valence electrons. The Balaban J connectivity index is 1.98. The van der Waals surface area contributed by atoms with Gasteiger partial charge in [0.15, 0.2) is 0 Å². The van der Waals surface area contributed by atoms with E-state index in [0.717, 1.165) is 4.57 Å². The molecule has 4 unspecified atom stereocenters. The van der Waals surface area contributed by atoms with Crippen molar-refractivity contribution in [3.05, 3.63) is 32.9 Å². The average molecular weight is 425 g/mol. The van der Waals surface area contributed by atoms with Gasteiger partial charge in [-0.15, -0.1) is 0 Å². The van der Waals surface area contributed by atoms with E-state index in [0.29, 0.717) is 6.20 Å². The lowest BCUT2D eigenvalue weighted by molar-refractivity contribution is -0.144. The molecule has 2 rings (SSSR count). The summed E-state index contributed by atoms with van der Waals surface area (Å²) in [5.74, 6) is -1.97. The maximum atomic E-state index is 13.4. The predicted octanol–water partition coefficient (Wildman–Crippen LogP) is -1.02. The van der Waals surface area contributed by atoms with Crippen LogP contribution >= 0.6 is 7.75 Å². The van der Waals surface area contributed by atoms with Crippen LogP contribution < -0.4 is 16.3 Å². The molecule has 1 fully saturated rings. The van der Waals surface area contributed by atoms with Crippen LogP contribution in [0.5, 0.6) is 0 Å². The standard InChI is InChI=1S/C14H21FN3O9P/c1-3-25-13(21)7(2)17-28(23,24)26-6-10-9(19)4-11(27-10)18-5-8(15)12(20)16-14(18)22/h5,7,9-11,19H,3-4,6H2,1-2H3,(H,16,20,22)(H2,17,23,24)/t7-,9?,10?,11?/m0/s1. The number of rotatable bonds is 8. The van der Waals surface area contributed by atoms with Gasteiger partial charge >= 0.3 is 19.4 Å². The molecule has 1 saturated heterocycles. The zero-order chi connectivity index (χ0) is 21.1. The van der Waals surface area contributed by atoms with E-state index in [9.17, 15) is 33.3 Å². The molecule has 0 aliphatic carbocycles. The van der Waals surface area contributed by atoms with E-state index in [4.69, 9.17) is 14.0 Å². The van der Waals surface area contributed by atoms with Gasteiger partial charge < -0.3 is 19.5 Å². The normalized spacial score (nSPS) is 25.2. The van der Waals surface area contributed by atoms with Crippen LogP contribution in [0.4, 0.5) is 4.39 Å². The number of aliphatic hydroxyl groups excluding tert-OH is 1. The van der Waals surface area contributed by atoms with E-state index in [1.807, 2.05) is 0 Å². The van der Waals surface area contributed by atoms with Crippen molar-refractivity contribution in [1.29, 1.82) is 0 Å². The summed E-state index contributed by atoms with van der Waals surface area (Å²) >= 11 is 0. The van der Waals surface area contributed by atoms with E-state index in [2.05, 4.69) is 5.09 Å². The van der Waals surface area contributed by atoms with E-state index in [1.165, 1.54) is 6.92 Å². The molecule has 0 aromatic carbocycles. The fourth-order valence-corrected chi connectivity index (χ4v) is 3.51. The molecule has 5 atom stereocenters. The van der Waals surface area contributed by atoms with Gasteiger partial charge in [0.1, 0.15) is 18.4 Å². The summed E-state index contributed by atoms with van der Waals surface area (Å²) in [7, 11) is -4.44. The lowest BCUT2D eigenvalue weighted by atomic mass is 10.2. The number of carbonyl (C=O) groups excluding carboxylic acids is 1. The van der Waals surface area contributed by atoms with Crippen LogP contribution in [0.1, 0.15) is 26.5 Å². The molecule has 1 aliphatic heterocycles. The summed E-state index contributed by atoms with van der Waals surface area (Å²) < 4.78 is 41.0. The minimum absolute atomic E-state index is 0.0929. The number of nitrogens with one attached hydrogen (secondary N) is 2. The highest BCUT2D eigenvalue weighted by Crippen LogP contribution is 2.39. The summed E-state index contributed by atoms with van der Waals surface area (Å²) in [4.78, 5) is 45.9. The van der Waals surface area contributed by atoms with E-state index in [-0.39, 0.29) is 13.0 Å². The molecular formula is C14H21FN3O9P. The minimum atomic E-state index is -4.44. The van der Waals surface area contributed by atoms with Crippen LogP contribution in [-0.4, -0.2) is 57.0 Å². The number of aromatic amines is 1. The van der Waals surface area contributed by atoms with Crippen LogP contribution in [0.15, 0.2) is 15.8 Å². The molecule has 12 nitrogen and oxygen atoms in total. The molecule has 0 spiro atoms. The highest BCUT2D eigenvalue weighted by molar-refractivity contribution is 7.50. The van der Waals surface area contributed by atoms with Gasteiger partial charge in [-0.1, -0.05) is 0 Å². The molecule has 0 saturated carbocycles. The molecule has 4 N–H and O–H groups in total. The van der Waals surface area contributed by atoms with Crippen LogP contribution in [0.2, 0.25) is 0 Å². The van der Waals surface area contributed by atoms with Crippen molar-refractivity contribution in [2.24, 2.45) is 0 Å². The minimum Gasteiger partial charge on any atom is -0.465 e. The second-order valence-corrected chi connectivity index (χ2v) is 7.55. The van der Waals surface area contributed by atoms with Gasteiger partial charge in [0.25, 0.3) is 5.56 Å². The van der Waals surface area contributed by atoms with E-state index >= 15 is 0 Å². The fraction of sp³-hybridized carbons (Fsp3) is 0.643. The van der Waals surface area contributed by atoms with Gasteiger partial charge in [-0.2, -0.15) is 4.39 Å². The molecule has 0 radical (unpaired) electrons. The summed E-state index contributed by atoms with van der Waals surface area (Å²) in [6.45, 7) is 2.41. The third kappa shape index (κ3) is 5.56. The summed E-state index contributed by atoms with van der Waals surface area (Å²) in [6, 6.07) is -1.12. The highest BCUT2D eigenvalue weighted by atomic mass is 31.2. The average Bonchev–Trinajstić information content (AvgIpc) is 2.97. The lowest BCUT2D eigenvalue weighted by Crippen LogP contribution is -2.35. The first-order valence-corrected chi connectivity index (χ1v) is 9.88. The molecule has 0 amide bonds. The predicted molar refractivity (Wildman–Crippen MR) is 90.8 cm³/mol. The lowest BCUT2D eigenvalue weighted by Gasteiger charge is -2.20. The van der Waals surface area contributed by atoms with E-state index < -0.39 is 61.9 Å². The molecule has 1 aromatic rings. The van der Waals surface area contributed by atoms with Gasteiger partial charge in [0, 0.05) is 6.42 Å². The number of nitrogens with zero attached hydrogens (tertiary/aromatic N) is 1. The number of ether oxygens (including phenoxy) is 2. The summed E-state index contributed by atoms with van der Waals surface area (Å²) in [6.07, 6.45) is -2.95. The quantitative estimate of drug-likeness (QED) is 0.299. The van der Waals surface area contributed by atoms with Gasteiger partial charge in [0.2, 0.25) is 5.82 Å². The number of aromatic nitrogens is 2. The molecular weight excluding hydrogens is 404 g/mol. The largest absolute Gasteiger partial charge is 0.465 e. The molecule has 0 bridgehead atoms. The number of hydrogen-bond acceptors (Lipinski definition) is 8. The van der Waals surface area contributed by atoms with Gasteiger partial charge in [0.05, 0.1) is 25.5 Å². The van der Waals surface area contributed by atoms with Crippen molar-refractivity contribution in [3.8, 4) is 0 Å². The summed E-state index contributed by atoms with van der Waals surface area (Å²) in [5.41, 5.74) is -2.13. The maximum Gasteiger partial charge on any atom is 0.403 e. The van der Waals surface area contributed by atoms with Crippen LogP contribution in [0.3, 0.4) is 0 Å². The van der Waals surface area contributed by atoms with Crippen molar-refractivity contribution in [2.45, 2.75) is 44.7 Å². The number of aliphatic hydroxyl groups is 1. The van der Waals surface area contributed by atoms with E-state index in [1.54, 1.807) is 11.9 Å². The Hall–Kier alpha value is -1.89. The topological polar surface area (TPSA) is 169 Å². The molecule has 28 heavy (non-hydrogen) atoms. The molecule has 1 aromatic heterocycles. The fourth-order valence-electron chi connectivity index (χ4n) is 2.49. The van der Waals surface area contributed by atoms with Crippen LogP contribution in [0, 0.1) is 5.82 Å². The highest BCUT2D eigenvalue weighted by Gasteiger charge is 2.38. The number of carbonyl (C=O) groups is 1. The van der Waals surface area contributed by atoms with Gasteiger partial charge in [-0.3, -0.25) is 23.7 Å². The number of H-pyrrole nitrogens is 1. The Morgan fingerprint density at radius 2 is 2.25 bits per heavy atom.